The molecule has 1 fully saturated rings. The lowest BCUT2D eigenvalue weighted by Gasteiger charge is -2.30. The van der Waals surface area contributed by atoms with E-state index in [1.807, 2.05) is 23.9 Å². The molecule has 0 aliphatic carbocycles. The molecular formula is C12H15BrFNS. The molecule has 1 aromatic carbocycles. The minimum atomic E-state index is -0.189. The Morgan fingerprint density at radius 1 is 1.56 bits per heavy atom. The lowest BCUT2D eigenvalue weighted by molar-refractivity contribution is 0.278. The van der Waals surface area contributed by atoms with Gasteiger partial charge in [-0.05, 0) is 33.6 Å². The van der Waals surface area contributed by atoms with Crippen molar-refractivity contribution in [1.82, 2.24) is 4.90 Å². The first-order chi connectivity index (χ1) is 7.65. The first kappa shape index (κ1) is 12.4. The number of benzene rings is 1. The van der Waals surface area contributed by atoms with E-state index in [-0.39, 0.29) is 5.82 Å². The second kappa shape index (κ2) is 5.52. The molecule has 0 saturated carbocycles. The fraction of sp³-hybridized carbons (Fsp3) is 0.500. The third-order valence-corrected chi connectivity index (χ3v) is 4.46. The molecular weight excluding hydrogens is 289 g/mol. The average Bonchev–Trinajstić information content (AvgIpc) is 2.24. The highest BCUT2D eigenvalue weighted by Crippen LogP contribution is 2.21. The van der Waals surface area contributed by atoms with Crippen LogP contribution in [0.4, 0.5) is 4.39 Å². The lowest BCUT2D eigenvalue weighted by Crippen LogP contribution is -2.36. The van der Waals surface area contributed by atoms with Crippen LogP contribution in [0.3, 0.4) is 0 Å². The van der Waals surface area contributed by atoms with Crippen molar-refractivity contribution in [3.63, 3.8) is 0 Å². The van der Waals surface area contributed by atoms with Crippen molar-refractivity contribution in [3.8, 4) is 0 Å². The van der Waals surface area contributed by atoms with Crippen molar-refractivity contribution in [3.05, 3.63) is 34.1 Å². The van der Waals surface area contributed by atoms with Gasteiger partial charge in [0.15, 0.2) is 0 Å². The van der Waals surface area contributed by atoms with Crippen LogP contribution in [-0.2, 0) is 6.54 Å². The highest BCUT2D eigenvalue weighted by molar-refractivity contribution is 9.10. The summed E-state index contributed by atoms with van der Waals surface area (Å²) in [5.41, 5.74) is 1.17. The van der Waals surface area contributed by atoms with Crippen LogP contribution in [0.1, 0.15) is 12.5 Å². The van der Waals surface area contributed by atoms with Gasteiger partial charge in [-0.15, -0.1) is 0 Å². The number of hydrogen-bond donors (Lipinski definition) is 0. The van der Waals surface area contributed by atoms with Crippen molar-refractivity contribution < 1.29 is 4.39 Å². The second-order valence-corrected chi connectivity index (χ2v) is 6.57. The number of rotatable bonds is 2. The molecule has 1 unspecified atom stereocenters. The van der Waals surface area contributed by atoms with Crippen molar-refractivity contribution >= 4 is 27.7 Å². The maximum Gasteiger partial charge on any atom is 0.137 e. The molecule has 1 saturated heterocycles. The van der Waals surface area contributed by atoms with E-state index in [9.17, 15) is 4.39 Å². The Morgan fingerprint density at radius 2 is 2.38 bits per heavy atom. The molecule has 0 N–H and O–H groups in total. The third kappa shape index (κ3) is 3.22. The van der Waals surface area contributed by atoms with Gasteiger partial charge in [0.25, 0.3) is 0 Å². The summed E-state index contributed by atoms with van der Waals surface area (Å²) in [5, 5.41) is 0.706. The quantitative estimate of drug-likeness (QED) is 0.822. The Bertz CT molecular complexity index is 372. The van der Waals surface area contributed by atoms with E-state index in [1.165, 1.54) is 17.4 Å². The van der Waals surface area contributed by atoms with Crippen molar-refractivity contribution in [2.24, 2.45) is 0 Å². The fourth-order valence-electron chi connectivity index (χ4n) is 1.93. The van der Waals surface area contributed by atoms with Gasteiger partial charge in [-0.1, -0.05) is 13.0 Å². The van der Waals surface area contributed by atoms with Gasteiger partial charge < -0.3 is 0 Å². The number of hydrogen-bond acceptors (Lipinski definition) is 2. The van der Waals surface area contributed by atoms with Crippen LogP contribution in [-0.4, -0.2) is 29.0 Å². The first-order valence-electron chi connectivity index (χ1n) is 5.43. The standard InChI is InChI=1S/C12H15BrFNS/c1-9-7-15(4-5-16-9)8-10-2-3-12(14)11(13)6-10/h2-3,6,9H,4-5,7-8H2,1H3. The molecule has 16 heavy (non-hydrogen) atoms. The average molecular weight is 304 g/mol. The Kier molecular flexibility index (Phi) is 4.27. The van der Waals surface area contributed by atoms with Crippen LogP contribution < -0.4 is 0 Å². The van der Waals surface area contributed by atoms with Gasteiger partial charge in [0.2, 0.25) is 0 Å². The van der Waals surface area contributed by atoms with E-state index < -0.39 is 0 Å². The highest BCUT2D eigenvalue weighted by atomic mass is 79.9. The number of nitrogens with zero attached hydrogens (tertiary/aromatic N) is 1. The third-order valence-electron chi connectivity index (χ3n) is 2.72. The van der Waals surface area contributed by atoms with E-state index in [2.05, 4.69) is 27.8 Å². The summed E-state index contributed by atoms with van der Waals surface area (Å²) < 4.78 is 13.6. The van der Waals surface area contributed by atoms with Crippen molar-refractivity contribution in [2.45, 2.75) is 18.7 Å². The smallest absolute Gasteiger partial charge is 0.137 e. The summed E-state index contributed by atoms with van der Waals surface area (Å²) in [6.07, 6.45) is 0. The fourth-order valence-corrected chi connectivity index (χ4v) is 3.44. The zero-order valence-electron chi connectivity index (χ0n) is 9.25. The second-order valence-electron chi connectivity index (χ2n) is 4.16. The summed E-state index contributed by atoms with van der Waals surface area (Å²) >= 11 is 5.25. The van der Waals surface area contributed by atoms with Gasteiger partial charge in [-0.2, -0.15) is 11.8 Å². The molecule has 1 nitrogen and oxygen atoms in total. The Balaban J connectivity index is 2.00. The largest absolute Gasteiger partial charge is 0.297 e. The van der Waals surface area contributed by atoms with Crippen LogP contribution in [0, 0.1) is 5.82 Å². The van der Waals surface area contributed by atoms with E-state index in [0.717, 1.165) is 19.6 Å². The van der Waals surface area contributed by atoms with Gasteiger partial charge >= 0.3 is 0 Å². The molecule has 1 aromatic rings. The molecule has 4 heteroatoms. The molecule has 0 bridgehead atoms. The van der Waals surface area contributed by atoms with Gasteiger partial charge in [-0.3, -0.25) is 4.90 Å². The molecule has 0 amide bonds. The molecule has 0 radical (unpaired) electrons. The van der Waals surface area contributed by atoms with Crippen LogP contribution in [0.15, 0.2) is 22.7 Å². The molecule has 88 valence electrons. The normalized spacial score (nSPS) is 22.3. The lowest BCUT2D eigenvalue weighted by atomic mass is 10.2. The van der Waals surface area contributed by atoms with Gasteiger partial charge in [-0.25, -0.2) is 4.39 Å². The Morgan fingerprint density at radius 3 is 3.06 bits per heavy atom. The molecule has 2 rings (SSSR count). The van der Waals surface area contributed by atoms with E-state index in [4.69, 9.17) is 0 Å². The minimum Gasteiger partial charge on any atom is -0.297 e. The van der Waals surface area contributed by atoms with Crippen LogP contribution in [0.2, 0.25) is 0 Å². The maximum atomic E-state index is 13.1. The summed E-state index contributed by atoms with van der Waals surface area (Å²) in [6, 6.07) is 5.27. The van der Waals surface area contributed by atoms with E-state index in [0.29, 0.717) is 9.72 Å². The SMILES string of the molecule is CC1CN(Cc2ccc(F)c(Br)c2)CCS1. The van der Waals surface area contributed by atoms with E-state index in [1.54, 1.807) is 0 Å². The topological polar surface area (TPSA) is 3.24 Å². The van der Waals surface area contributed by atoms with Crippen LogP contribution in [0.5, 0.6) is 0 Å². The minimum absolute atomic E-state index is 0.189. The van der Waals surface area contributed by atoms with Crippen molar-refractivity contribution in [2.75, 3.05) is 18.8 Å². The summed E-state index contributed by atoms with van der Waals surface area (Å²) in [4.78, 5) is 2.43. The predicted molar refractivity (Wildman–Crippen MR) is 71.3 cm³/mol. The summed E-state index contributed by atoms with van der Waals surface area (Å²) in [7, 11) is 0. The summed E-state index contributed by atoms with van der Waals surface area (Å²) in [6.45, 7) is 5.44. The predicted octanol–water partition coefficient (Wildman–Crippen LogP) is 3.53. The molecule has 1 heterocycles. The monoisotopic (exact) mass is 303 g/mol. The maximum absolute atomic E-state index is 13.1. The van der Waals surface area contributed by atoms with Crippen LogP contribution >= 0.6 is 27.7 Å². The molecule has 1 aliphatic heterocycles. The van der Waals surface area contributed by atoms with E-state index >= 15 is 0 Å². The van der Waals surface area contributed by atoms with Gasteiger partial charge in [0.1, 0.15) is 5.82 Å². The zero-order valence-corrected chi connectivity index (χ0v) is 11.7. The molecule has 0 aromatic heterocycles. The highest BCUT2D eigenvalue weighted by Gasteiger charge is 2.16. The molecule has 1 atom stereocenters. The molecule has 0 spiro atoms. The Hall–Kier alpha value is -0.0600. The zero-order chi connectivity index (χ0) is 11.5. The van der Waals surface area contributed by atoms with Crippen LogP contribution in [0.25, 0.3) is 0 Å². The first-order valence-corrected chi connectivity index (χ1v) is 7.27. The Labute approximate surface area is 109 Å². The molecule has 1 aliphatic rings. The van der Waals surface area contributed by atoms with Gasteiger partial charge in [0.05, 0.1) is 4.47 Å². The van der Waals surface area contributed by atoms with Crippen molar-refractivity contribution in [1.29, 1.82) is 0 Å². The summed E-state index contributed by atoms with van der Waals surface area (Å²) in [5.74, 6) is 1.01. The number of halogens is 2. The van der Waals surface area contributed by atoms with Gasteiger partial charge in [0, 0.05) is 30.6 Å². The number of thioether (sulfide) groups is 1.